The van der Waals surface area contributed by atoms with Crippen molar-refractivity contribution in [3.8, 4) is 5.75 Å². The summed E-state index contributed by atoms with van der Waals surface area (Å²) in [7, 11) is 0. The number of ether oxygens (including phenoxy) is 1. The maximum Gasteiger partial charge on any atom is 0.126 e. The summed E-state index contributed by atoms with van der Waals surface area (Å²) in [6.45, 7) is 3.67. The molecule has 0 N–H and O–H groups in total. The average molecular weight is 208 g/mol. The normalized spacial score (nSPS) is 17.0. The van der Waals surface area contributed by atoms with Gasteiger partial charge in [-0.15, -0.1) is 0 Å². The second-order valence-electron chi connectivity index (χ2n) is 4.39. The number of rotatable bonds is 2. The minimum absolute atomic E-state index is 0.147. The smallest absolute Gasteiger partial charge is 0.126 e. The summed E-state index contributed by atoms with van der Waals surface area (Å²) in [4.78, 5) is 0. The van der Waals surface area contributed by atoms with Gasteiger partial charge in [-0.3, -0.25) is 0 Å². The first-order valence-corrected chi connectivity index (χ1v) is 5.60. The molecule has 0 aliphatic heterocycles. The molecule has 2 heteroatoms. The van der Waals surface area contributed by atoms with Gasteiger partial charge in [-0.2, -0.15) is 0 Å². The first-order chi connectivity index (χ1) is 7.16. The van der Waals surface area contributed by atoms with Crippen LogP contribution in [0.15, 0.2) is 12.1 Å². The molecule has 1 aromatic carbocycles. The fourth-order valence-electron chi connectivity index (χ4n) is 2.07. The van der Waals surface area contributed by atoms with Crippen LogP contribution in [0.2, 0.25) is 0 Å². The number of aryl methyl sites for hydroxylation is 2. The molecule has 1 aliphatic carbocycles. The fraction of sp³-hybridized carbons (Fsp3) is 0.538. The third kappa shape index (κ3) is 2.31. The van der Waals surface area contributed by atoms with E-state index in [1.807, 2.05) is 13.0 Å². The quantitative estimate of drug-likeness (QED) is 0.719. The van der Waals surface area contributed by atoms with Crippen LogP contribution in [0.25, 0.3) is 0 Å². The van der Waals surface area contributed by atoms with E-state index in [9.17, 15) is 4.39 Å². The van der Waals surface area contributed by atoms with Gasteiger partial charge in [-0.05, 0) is 62.8 Å². The highest BCUT2D eigenvalue weighted by atomic mass is 19.1. The molecular weight excluding hydrogens is 191 g/mol. The second kappa shape index (κ2) is 4.21. The van der Waals surface area contributed by atoms with Crippen molar-refractivity contribution in [2.75, 3.05) is 0 Å². The Kier molecular flexibility index (Phi) is 2.94. The van der Waals surface area contributed by atoms with Gasteiger partial charge < -0.3 is 4.74 Å². The van der Waals surface area contributed by atoms with Crippen LogP contribution in [0, 0.1) is 19.7 Å². The molecule has 0 atom stereocenters. The van der Waals surface area contributed by atoms with Crippen LogP contribution >= 0.6 is 0 Å². The lowest BCUT2D eigenvalue weighted by Crippen LogP contribution is -2.11. The number of halogens is 1. The summed E-state index contributed by atoms with van der Waals surface area (Å²) in [6, 6.07) is 3.36. The van der Waals surface area contributed by atoms with E-state index in [4.69, 9.17) is 4.74 Å². The molecule has 0 unspecified atom stereocenters. The molecule has 0 aromatic heterocycles. The first kappa shape index (κ1) is 10.5. The molecule has 1 saturated carbocycles. The van der Waals surface area contributed by atoms with Gasteiger partial charge in [0.15, 0.2) is 0 Å². The second-order valence-corrected chi connectivity index (χ2v) is 4.39. The van der Waals surface area contributed by atoms with E-state index < -0.39 is 0 Å². The lowest BCUT2D eigenvalue weighted by Gasteiger charge is -2.15. The van der Waals surface area contributed by atoms with Gasteiger partial charge in [0.1, 0.15) is 11.6 Å². The lowest BCUT2D eigenvalue weighted by molar-refractivity contribution is 0.208. The van der Waals surface area contributed by atoms with Crippen molar-refractivity contribution in [2.24, 2.45) is 0 Å². The van der Waals surface area contributed by atoms with Crippen LogP contribution in [0.4, 0.5) is 4.39 Å². The first-order valence-electron chi connectivity index (χ1n) is 5.60. The van der Waals surface area contributed by atoms with Gasteiger partial charge in [-0.1, -0.05) is 0 Å². The summed E-state index contributed by atoms with van der Waals surface area (Å²) in [5.41, 5.74) is 1.55. The Balaban J connectivity index is 2.16. The Labute approximate surface area is 90.3 Å². The van der Waals surface area contributed by atoms with Crippen molar-refractivity contribution < 1.29 is 9.13 Å². The van der Waals surface area contributed by atoms with Crippen LogP contribution in [0.5, 0.6) is 5.75 Å². The minimum Gasteiger partial charge on any atom is -0.490 e. The zero-order valence-electron chi connectivity index (χ0n) is 9.35. The van der Waals surface area contributed by atoms with E-state index in [0.29, 0.717) is 11.7 Å². The van der Waals surface area contributed by atoms with E-state index >= 15 is 0 Å². The molecule has 1 aliphatic rings. The van der Waals surface area contributed by atoms with E-state index in [0.717, 1.165) is 24.2 Å². The van der Waals surface area contributed by atoms with Crippen molar-refractivity contribution >= 4 is 0 Å². The summed E-state index contributed by atoms with van der Waals surface area (Å²) in [5, 5.41) is 0. The van der Waals surface area contributed by atoms with Gasteiger partial charge in [0.25, 0.3) is 0 Å². The van der Waals surface area contributed by atoms with Crippen LogP contribution in [-0.4, -0.2) is 6.10 Å². The largest absolute Gasteiger partial charge is 0.490 e. The van der Waals surface area contributed by atoms with E-state index in [1.54, 1.807) is 13.0 Å². The van der Waals surface area contributed by atoms with Crippen LogP contribution < -0.4 is 4.74 Å². The van der Waals surface area contributed by atoms with Crippen molar-refractivity contribution in [3.05, 3.63) is 29.1 Å². The molecule has 0 heterocycles. The number of hydrogen-bond acceptors (Lipinski definition) is 1. The molecule has 0 spiro atoms. The topological polar surface area (TPSA) is 9.23 Å². The highest BCUT2D eigenvalue weighted by Gasteiger charge is 2.17. The molecule has 0 amide bonds. The number of hydrogen-bond donors (Lipinski definition) is 0. The van der Waals surface area contributed by atoms with Crippen molar-refractivity contribution in [2.45, 2.75) is 45.6 Å². The summed E-state index contributed by atoms with van der Waals surface area (Å²) < 4.78 is 19.1. The monoisotopic (exact) mass is 208 g/mol. The zero-order chi connectivity index (χ0) is 10.8. The van der Waals surface area contributed by atoms with Gasteiger partial charge >= 0.3 is 0 Å². The predicted octanol–water partition coefficient (Wildman–Crippen LogP) is 3.76. The zero-order valence-corrected chi connectivity index (χ0v) is 9.35. The van der Waals surface area contributed by atoms with Gasteiger partial charge in [-0.25, -0.2) is 4.39 Å². The molecule has 1 nitrogen and oxygen atoms in total. The third-order valence-corrected chi connectivity index (χ3v) is 3.05. The lowest BCUT2D eigenvalue weighted by atomic mass is 10.1. The molecule has 2 rings (SSSR count). The summed E-state index contributed by atoms with van der Waals surface area (Å²) in [5.74, 6) is 0.701. The Morgan fingerprint density at radius 2 is 1.80 bits per heavy atom. The van der Waals surface area contributed by atoms with E-state index in [1.165, 1.54) is 12.8 Å². The average Bonchev–Trinajstić information content (AvgIpc) is 2.67. The third-order valence-electron chi connectivity index (χ3n) is 3.05. The molecular formula is C13H17FO. The molecule has 15 heavy (non-hydrogen) atoms. The molecule has 0 radical (unpaired) electrons. The standard InChI is InChI=1S/C13H17FO/c1-9-8-13(10(2)7-12(9)14)15-11-5-3-4-6-11/h7-8,11H,3-6H2,1-2H3. The van der Waals surface area contributed by atoms with Crippen molar-refractivity contribution in [1.29, 1.82) is 0 Å². The SMILES string of the molecule is Cc1cc(OC2CCCC2)c(C)cc1F. The Hall–Kier alpha value is -1.05. The van der Waals surface area contributed by atoms with Crippen LogP contribution in [0.1, 0.15) is 36.8 Å². The number of benzene rings is 1. The minimum atomic E-state index is -0.147. The van der Waals surface area contributed by atoms with Crippen molar-refractivity contribution in [3.63, 3.8) is 0 Å². The summed E-state index contributed by atoms with van der Waals surface area (Å²) in [6.07, 6.45) is 5.12. The van der Waals surface area contributed by atoms with E-state index in [-0.39, 0.29) is 5.82 Å². The Morgan fingerprint density at radius 1 is 1.13 bits per heavy atom. The maximum absolute atomic E-state index is 13.2. The van der Waals surface area contributed by atoms with Gasteiger partial charge in [0, 0.05) is 0 Å². The fourth-order valence-corrected chi connectivity index (χ4v) is 2.07. The van der Waals surface area contributed by atoms with Crippen LogP contribution in [0.3, 0.4) is 0 Å². The highest BCUT2D eigenvalue weighted by Crippen LogP contribution is 2.28. The predicted molar refractivity (Wildman–Crippen MR) is 58.8 cm³/mol. The highest BCUT2D eigenvalue weighted by molar-refractivity contribution is 5.37. The van der Waals surface area contributed by atoms with Crippen LogP contribution in [-0.2, 0) is 0 Å². The Bertz CT molecular complexity index is 354. The van der Waals surface area contributed by atoms with Crippen molar-refractivity contribution in [1.82, 2.24) is 0 Å². The molecule has 82 valence electrons. The van der Waals surface area contributed by atoms with Gasteiger partial charge in [0.05, 0.1) is 6.10 Å². The molecule has 1 aromatic rings. The maximum atomic E-state index is 13.2. The van der Waals surface area contributed by atoms with E-state index in [2.05, 4.69) is 0 Å². The molecule has 0 bridgehead atoms. The Morgan fingerprint density at radius 3 is 2.47 bits per heavy atom. The molecule has 0 saturated heterocycles. The summed E-state index contributed by atoms with van der Waals surface area (Å²) >= 11 is 0. The molecule has 1 fully saturated rings. The van der Waals surface area contributed by atoms with Gasteiger partial charge in [0.2, 0.25) is 0 Å².